The van der Waals surface area contributed by atoms with Crippen molar-refractivity contribution in [3.05, 3.63) is 18.5 Å². The van der Waals surface area contributed by atoms with E-state index < -0.39 is 0 Å². The maximum absolute atomic E-state index is 5.83. The normalized spacial score (nSPS) is 10.8. The van der Waals surface area contributed by atoms with Gasteiger partial charge in [0.25, 0.3) is 5.95 Å². The topological polar surface area (TPSA) is 85.8 Å². The molecule has 0 fully saturated rings. The van der Waals surface area contributed by atoms with Crippen molar-refractivity contribution in [3.8, 4) is 5.95 Å². The van der Waals surface area contributed by atoms with E-state index in [-0.39, 0.29) is 5.95 Å². The van der Waals surface area contributed by atoms with E-state index in [0.29, 0.717) is 11.9 Å². The first-order valence-electron chi connectivity index (χ1n) is 7.51. The van der Waals surface area contributed by atoms with Gasteiger partial charge < -0.3 is 10.6 Å². The highest BCUT2D eigenvalue weighted by molar-refractivity contribution is 5.37. The van der Waals surface area contributed by atoms with Gasteiger partial charge in [-0.2, -0.15) is 20.1 Å². The fraction of sp³-hybridized carbons (Fsp3) is 0.571. The van der Waals surface area contributed by atoms with Crippen molar-refractivity contribution >= 4 is 11.9 Å². The van der Waals surface area contributed by atoms with Crippen LogP contribution in [0, 0.1) is 0 Å². The predicted molar refractivity (Wildman–Crippen MR) is 83.4 cm³/mol. The quantitative estimate of drug-likeness (QED) is 0.800. The number of hydrogen-bond acceptors (Lipinski definition) is 6. The molecular weight excluding hydrogens is 266 g/mol. The molecule has 7 heteroatoms. The molecule has 0 unspecified atom stereocenters. The molecule has 0 saturated carbocycles. The summed E-state index contributed by atoms with van der Waals surface area (Å²) < 4.78 is 1.60. The zero-order valence-electron chi connectivity index (χ0n) is 12.7. The zero-order chi connectivity index (χ0) is 15.1. The second kappa shape index (κ2) is 7.56. The number of nitrogens with two attached hydrogens (primary N) is 1. The minimum Gasteiger partial charge on any atom is -0.368 e. The summed E-state index contributed by atoms with van der Waals surface area (Å²) in [6, 6.07) is 1.82. The van der Waals surface area contributed by atoms with Crippen LogP contribution < -0.4 is 10.6 Å². The van der Waals surface area contributed by atoms with Gasteiger partial charge in [-0.3, -0.25) is 0 Å². The van der Waals surface area contributed by atoms with Crippen LogP contribution in [0.1, 0.15) is 39.5 Å². The Balaban J connectivity index is 2.26. The average molecular weight is 289 g/mol. The van der Waals surface area contributed by atoms with Crippen LogP contribution in [-0.4, -0.2) is 37.8 Å². The minimum absolute atomic E-state index is 0.225. The molecule has 0 spiro atoms. The molecule has 2 N–H and O–H groups in total. The summed E-state index contributed by atoms with van der Waals surface area (Å²) >= 11 is 0. The van der Waals surface area contributed by atoms with E-state index in [1.165, 1.54) is 0 Å². The van der Waals surface area contributed by atoms with Gasteiger partial charge in [-0.1, -0.05) is 26.7 Å². The van der Waals surface area contributed by atoms with Gasteiger partial charge in [0.2, 0.25) is 11.9 Å². The van der Waals surface area contributed by atoms with Crippen molar-refractivity contribution in [2.75, 3.05) is 23.7 Å². The van der Waals surface area contributed by atoms with Gasteiger partial charge in [-0.15, -0.1) is 0 Å². The highest BCUT2D eigenvalue weighted by Gasteiger charge is 2.13. The Bertz CT molecular complexity index is 530. The summed E-state index contributed by atoms with van der Waals surface area (Å²) in [6.07, 6.45) is 7.95. The van der Waals surface area contributed by atoms with Gasteiger partial charge in [0.05, 0.1) is 0 Å². The lowest BCUT2D eigenvalue weighted by Crippen LogP contribution is -2.28. The van der Waals surface area contributed by atoms with Crippen LogP contribution in [0.4, 0.5) is 11.9 Å². The van der Waals surface area contributed by atoms with Crippen molar-refractivity contribution < 1.29 is 0 Å². The molecule has 7 nitrogen and oxygen atoms in total. The molecule has 0 bridgehead atoms. The molecule has 114 valence electrons. The molecular formula is C14H23N7. The van der Waals surface area contributed by atoms with Gasteiger partial charge in [0, 0.05) is 25.5 Å². The maximum Gasteiger partial charge on any atom is 0.257 e. The molecule has 0 aromatic carbocycles. The van der Waals surface area contributed by atoms with E-state index >= 15 is 0 Å². The lowest BCUT2D eigenvalue weighted by atomic mass is 10.3. The minimum atomic E-state index is 0.225. The van der Waals surface area contributed by atoms with Gasteiger partial charge in [0.1, 0.15) is 0 Å². The summed E-state index contributed by atoms with van der Waals surface area (Å²) in [6.45, 7) is 6.21. The molecule has 2 aromatic heterocycles. The van der Waals surface area contributed by atoms with E-state index in [4.69, 9.17) is 5.73 Å². The zero-order valence-corrected chi connectivity index (χ0v) is 12.7. The third-order valence-corrected chi connectivity index (χ3v) is 3.18. The molecule has 0 atom stereocenters. The molecule has 0 aliphatic heterocycles. The number of rotatable bonds is 8. The van der Waals surface area contributed by atoms with E-state index in [1.54, 1.807) is 17.1 Å². The number of nitrogen functional groups attached to an aromatic ring is 1. The number of unbranched alkanes of at least 4 members (excludes halogenated alkanes) is 2. The van der Waals surface area contributed by atoms with Gasteiger partial charge in [-0.25, -0.2) is 4.68 Å². The number of anilines is 2. The molecule has 0 aliphatic carbocycles. The molecule has 2 heterocycles. The number of hydrogen-bond donors (Lipinski definition) is 1. The predicted octanol–water partition coefficient (Wildman–Crippen LogP) is 2.05. The molecule has 0 saturated heterocycles. The summed E-state index contributed by atoms with van der Waals surface area (Å²) in [7, 11) is 0. The standard InChI is InChI=1S/C14H23N7/c1-3-5-9-20(10-6-4-2)13-17-12(15)18-14(19-13)21-11-7-8-16-21/h7-8,11H,3-6,9-10H2,1-2H3,(H2,15,17,18,19). The Kier molecular flexibility index (Phi) is 5.48. The maximum atomic E-state index is 5.83. The Hall–Kier alpha value is -2.18. The van der Waals surface area contributed by atoms with Crippen LogP contribution in [-0.2, 0) is 0 Å². The second-order valence-electron chi connectivity index (χ2n) is 4.94. The number of aromatic nitrogens is 5. The van der Waals surface area contributed by atoms with Crippen LogP contribution >= 0.6 is 0 Å². The molecule has 21 heavy (non-hydrogen) atoms. The van der Waals surface area contributed by atoms with Gasteiger partial charge in [-0.05, 0) is 18.9 Å². The monoisotopic (exact) mass is 289 g/mol. The lowest BCUT2D eigenvalue weighted by molar-refractivity contribution is 0.657. The highest BCUT2D eigenvalue weighted by Crippen LogP contribution is 2.13. The molecule has 0 aliphatic rings. The van der Waals surface area contributed by atoms with Crippen molar-refractivity contribution in [1.82, 2.24) is 24.7 Å². The number of nitrogens with zero attached hydrogens (tertiary/aromatic N) is 6. The first-order valence-corrected chi connectivity index (χ1v) is 7.51. The lowest BCUT2D eigenvalue weighted by Gasteiger charge is -2.22. The molecule has 0 amide bonds. The van der Waals surface area contributed by atoms with Crippen molar-refractivity contribution in [1.29, 1.82) is 0 Å². The Labute approximate surface area is 125 Å². The van der Waals surface area contributed by atoms with Gasteiger partial charge >= 0.3 is 0 Å². The van der Waals surface area contributed by atoms with Crippen LogP contribution in [0.25, 0.3) is 5.95 Å². The smallest absolute Gasteiger partial charge is 0.257 e. The molecule has 2 rings (SSSR count). The highest BCUT2D eigenvalue weighted by atomic mass is 15.4. The largest absolute Gasteiger partial charge is 0.368 e. The van der Waals surface area contributed by atoms with Crippen molar-refractivity contribution in [2.45, 2.75) is 39.5 Å². The molecule has 2 aromatic rings. The SMILES string of the molecule is CCCCN(CCCC)c1nc(N)nc(-n2cccn2)n1. The Morgan fingerprint density at radius 3 is 2.38 bits per heavy atom. The second-order valence-corrected chi connectivity index (χ2v) is 4.94. The summed E-state index contributed by atoms with van der Waals surface area (Å²) in [5.41, 5.74) is 5.83. The van der Waals surface area contributed by atoms with E-state index in [2.05, 4.69) is 38.8 Å². The average Bonchev–Trinajstić information content (AvgIpc) is 3.01. The summed E-state index contributed by atoms with van der Waals surface area (Å²) in [4.78, 5) is 15.1. The first kappa shape index (κ1) is 15.2. The van der Waals surface area contributed by atoms with E-state index in [0.717, 1.165) is 38.8 Å². The van der Waals surface area contributed by atoms with Crippen LogP contribution in [0.15, 0.2) is 18.5 Å². The first-order chi connectivity index (χ1) is 10.2. The molecule has 0 radical (unpaired) electrons. The van der Waals surface area contributed by atoms with Crippen LogP contribution in [0.5, 0.6) is 0 Å². The van der Waals surface area contributed by atoms with E-state index in [1.807, 2.05) is 6.07 Å². The summed E-state index contributed by atoms with van der Waals surface area (Å²) in [5.74, 6) is 1.32. The fourth-order valence-corrected chi connectivity index (χ4v) is 2.01. The van der Waals surface area contributed by atoms with E-state index in [9.17, 15) is 0 Å². The Morgan fingerprint density at radius 2 is 1.81 bits per heavy atom. The van der Waals surface area contributed by atoms with Crippen molar-refractivity contribution in [2.24, 2.45) is 0 Å². The van der Waals surface area contributed by atoms with Crippen LogP contribution in [0.2, 0.25) is 0 Å². The fourth-order valence-electron chi connectivity index (χ4n) is 2.01. The van der Waals surface area contributed by atoms with Crippen molar-refractivity contribution in [3.63, 3.8) is 0 Å². The third-order valence-electron chi connectivity index (χ3n) is 3.18. The third kappa shape index (κ3) is 4.14. The Morgan fingerprint density at radius 1 is 1.10 bits per heavy atom. The van der Waals surface area contributed by atoms with Crippen LogP contribution in [0.3, 0.4) is 0 Å². The van der Waals surface area contributed by atoms with Gasteiger partial charge in [0.15, 0.2) is 0 Å². The summed E-state index contributed by atoms with van der Waals surface area (Å²) in [5, 5.41) is 4.14.